The summed E-state index contributed by atoms with van der Waals surface area (Å²) < 4.78 is 9.98. The normalized spacial score (nSPS) is 15.6. The highest BCUT2D eigenvalue weighted by Gasteiger charge is 2.38. The maximum absolute atomic E-state index is 12.5. The fourth-order valence-electron chi connectivity index (χ4n) is 3.63. The number of nitrogens with zero attached hydrogens (tertiary/aromatic N) is 2. The Morgan fingerprint density at radius 2 is 1.90 bits per heavy atom. The molecule has 0 radical (unpaired) electrons. The predicted molar refractivity (Wildman–Crippen MR) is 111 cm³/mol. The van der Waals surface area contributed by atoms with E-state index >= 15 is 0 Å². The largest absolute Gasteiger partial charge is 0.490 e. The molecule has 0 aliphatic carbocycles. The van der Waals surface area contributed by atoms with Crippen LogP contribution in [0.15, 0.2) is 54.2 Å². The average molecular weight is 410 g/mol. The Morgan fingerprint density at radius 1 is 1.20 bits per heavy atom. The van der Waals surface area contributed by atoms with E-state index in [-0.39, 0.29) is 28.2 Å². The van der Waals surface area contributed by atoms with E-state index in [1.54, 1.807) is 0 Å². The molecule has 3 rings (SSSR count). The minimum Gasteiger partial charge on any atom is -0.490 e. The highest BCUT2D eigenvalue weighted by molar-refractivity contribution is 5.97. The van der Waals surface area contributed by atoms with Gasteiger partial charge < -0.3 is 14.4 Å². The van der Waals surface area contributed by atoms with Gasteiger partial charge in [0.25, 0.3) is 0 Å². The minimum atomic E-state index is -0.824. The van der Waals surface area contributed by atoms with E-state index in [2.05, 4.69) is 0 Å². The molecule has 8 heteroatoms. The first kappa shape index (κ1) is 21.0. The van der Waals surface area contributed by atoms with E-state index < -0.39 is 17.5 Å². The number of esters is 1. The van der Waals surface area contributed by atoms with E-state index in [9.17, 15) is 19.7 Å². The number of para-hydroxylation sites is 1. The third kappa shape index (κ3) is 3.76. The van der Waals surface area contributed by atoms with E-state index in [1.165, 1.54) is 25.3 Å². The predicted octanol–water partition coefficient (Wildman–Crippen LogP) is 3.64. The topological polar surface area (TPSA) is 99.0 Å². The van der Waals surface area contributed by atoms with Gasteiger partial charge >= 0.3 is 11.7 Å². The van der Waals surface area contributed by atoms with Gasteiger partial charge in [-0.25, -0.2) is 4.79 Å². The number of anilines is 1. The van der Waals surface area contributed by atoms with Gasteiger partial charge in [-0.1, -0.05) is 32.0 Å². The van der Waals surface area contributed by atoms with Crippen molar-refractivity contribution >= 4 is 23.1 Å². The Hall–Kier alpha value is -3.68. The number of likely N-dealkylation sites (N-methyl/N-ethyl adjacent to an activating group) is 1. The Balaban J connectivity index is 1.73. The summed E-state index contributed by atoms with van der Waals surface area (Å²) in [6, 6.07) is 11.6. The standard InChI is InChI=1S/C22H22N2O6/c1-22(2)16-7-5-6-8-17(16)23(3)20(22)12-15(25)13-30-21(26)14-9-10-19(29-4)18(11-14)24(27)28/h5-12H,13H2,1-4H3/b20-12+. The Morgan fingerprint density at radius 3 is 2.53 bits per heavy atom. The maximum atomic E-state index is 12.5. The first-order valence-corrected chi connectivity index (χ1v) is 9.24. The van der Waals surface area contributed by atoms with Crippen LogP contribution in [0.3, 0.4) is 0 Å². The number of carbonyl (C=O) groups excluding carboxylic acids is 2. The van der Waals surface area contributed by atoms with Crippen LogP contribution >= 0.6 is 0 Å². The summed E-state index contributed by atoms with van der Waals surface area (Å²) >= 11 is 0. The van der Waals surface area contributed by atoms with Crippen LogP contribution in [0.2, 0.25) is 0 Å². The maximum Gasteiger partial charge on any atom is 0.338 e. The first-order valence-electron chi connectivity index (χ1n) is 9.24. The lowest BCUT2D eigenvalue weighted by molar-refractivity contribution is -0.385. The highest BCUT2D eigenvalue weighted by Crippen LogP contribution is 2.46. The van der Waals surface area contributed by atoms with Crippen LogP contribution in [0, 0.1) is 10.1 Å². The number of benzene rings is 2. The molecule has 2 aromatic rings. The summed E-state index contributed by atoms with van der Waals surface area (Å²) in [5.74, 6) is -1.17. The zero-order valence-electron chi connectivity index (χ0n) is 17.2. The van der Waals surface area contributed by atoms with Gasteiger partial charge in [-0.15, -0.1) is 0 Å². The molecule has 0 aromatic heterocycles. The fourth-order valence-corrected chi connectivity index (χ4v) is 3.63. The molecular formula is C22H22N2O6. The number of nitro benzene ring substituents is 1. The van der Waals surface area contributed by atoms with Crippen molar-refractivity contribution < 1.29 is 24.0 Å². The van der Waals surface area contributed by atoms with Gasteiger partial charge in [-0.3, -0.25) is 14.9 Å². The van der Waals surface area contributed by atoms with Crippen LogP contribution in [0.1, 0.15) is 29.8 Å². The average Bonchev–Trinajstić information content (AvgIpc) is 2.92. The second kappa shape index (κ2) is 7.98. The van der Waals surface area contributed by atoms with Crippen molar-refractivity contribution in [1.29, 1.82) is 0 Å². The summed E-state index contributed by atoms with van der Waals surface area (Å²) in [5, 5.41) is 11.1. The quantitative estimate of drug-likeness (QED) is 0.310. The molecule has 1 heterocycles. The van der Waals surface area contributed by atoms with Gasteiger partial charge in [0.2, 0.25) is 0 Å². The first-order chi connectivity index (χ1) is 14.2. The number of hydrogen-bond acceptors (Lipinski definition) is 7. The number of ketones is 1. The summed E-state index contributed by atoms with van der Waals surface area (Å²) in [4.78, 5) is 37.1. The molecule has 8 nitrogen and oxygen atoms in total. The lowest BCUT2D eigenvalue weighted by Crippen LogP contribution is -2.25. The third-order valence-electron chi connectivity index (χ3n) is 5.19. The van der Waals surface area contributed by atoms with Crippen molar-refractivity contribution in [2.75, 3.05) is 25.7 Å². The number of nitro groups is 1. The zero-order valence-corrected chi connectivity index (χ0v) is 17.2. The monoisotopic (exact) mass is 410 g/mol. The molecule has 1 aliphatic heterocycles. The Labute approximate surface area is 173 Å². The van der Waals surface area contributed by atoms with E-state index in [0.717, 1.165) is 23.0 Å². The van der Waals surface area contributed by atoms with Gasteiger partial charge in [0.1, 0.15) is 0 Å². The molecule has 0 spiro atoms. The van der Waals surface area contributed by atoms with Crippen LogP contribution in [-0.4, -0.2) is 37.4 Å². The van der Waals surface area contributed by atoms with Crippen molar-refractivity contribution in [3.8, 4) is 5.75 Å². The van der Waals surface area contributed by atoms with E-state index in [1.807, 2.05) is 50.1 Å². The van der Waals surface area contributed by atoms with Crippen LogP contribution in [-0.2, 0) is 14.9 Å². The van der Waals surface area contributed by atoms with Crippen LogP contribution in [0.4, 0.5) is 11.4 Å². The summed E-state index contributed by atoms with van der Waals surface area (Å²) in [6.45, 7) is 3.58. The lowest BCUT2D eigenvalue weighted by Gasteiger charge is -2.23. The number of ether oxygens (including phenoxy) is 2. The number of carbonyl (C=O) groups is 2. The molecule has 0 amide bonds. The molecular weight excluding hydrogens is 388 g/mol. The molecule has 0 saturated heterocycles. The number of fused-ring (bicyclic) bond motifs is 1. The molecule has 2 aromatic carbocycles. The van der Waals surface area contributed by atoms with Gasteiger partial charge in [0.15, 0.2) is 18.1 Å². The zero-order chi connectivity index (χ0) is 22.1. The molecule has 0 unspecified atom stereocenters. The second-order valence-corrected chi connectivity index (χ2v) is 7.42. The van der Waals surface area contributed by atoms with Crippen LogP contribution in [0.25, 0.3) is 0 Å². The molecule has 0 saturated carbocycles. The second-order valence-electron chi connectivity index (χ2n) is 7.42. The molecule has 30 heavy (non-hydrogen) atoms. The number of rotatable bonds is 6. The van der Waals surface area contributed by atoms with Crippen molar-refractivity contribution in [3.05, 3.63) is 75.5 Å². The van der Waals surface area contributed by atoms with Gasteiger partial charge in [0, 0.05) is 36.0 Å². The van der Waals surface area contributed by atoms with E-state index in [0.29, 0.717) is 0 Å². The lowest BCUT2D eigenvalue weighted by atomic mass is 9.83. The molecule has 0 bridgehead atoms. The smallest absolute Gasteiger partial charge is 0.338 e. The minimum absolute atomic E-state index is 0.0310. The number of methoxy groups -OCH3 is 1. The van der Waals surface area contributed by atoms with Crippen molar-refractivity contribution in [2.45, 2.75) is 19.3 Å². The summed E-state index contributed by atoms with van der Waals surface area (Å²) in [6.07, 6.45) is 1.48. The highest BCUT2D eigenvalue weighted by atomic mass is 16.6. The van der Waals surface area contributed by atoms with Gasteiger partial charge in [-0.05, 0) is 23.8 Å². The van der Waals surface area contributed by atoms with Crippen LogP contribution in [0.5, 0.6) is 5.75 Å². The van der Waals surface area contributed by atoms with Crippen molar-refractivity contribution in [2.24, 2.45) is 0 Å². The number of hydrogen-bond donors (Lipinski definition) is 0. The van der Waals surface area contributed by atoms with Gasteiger partial charge in [0.05, 0.1) is 17.6 Å². The fraction of sp³-hybridized carbons (Fsp3) is 0.273. The third-order valence-corrected chi connectivity index (χ3v) is 5.19. The van der Waals surface area contributed by atoms with Crippen LogP contribution < -0.4 is 9.64 Å². The number of allylic oxidation sites excluding steroid dienone is 1. The van der Waals surface area contributed by atoms with Gasteiger partial charge in [-0.2, -0.15) is 0 Å². The Kier molecular flexibility index (Phi) is 5.60. The molecule has 156 valence electrons. The SMILES string of the molecule is COc1ccc(C(=O)OCC(=O)/C=C2/N(C)c3ccccc3C2(C)C)cc1[N+](=O)[O-]. The van der Waals surface area contributed by atoms with Crippen molar-refractivity contribution in [1.82, 2.24) is 0 Å². The molecule has 1 aliphatic rings. The van der Waals surface area contributed by atoms with Crippen molar-refractivity contribution in [3.63, 3.8) is 0 Å². The Bertz CT molecular complexity index is 1060. The summed E-state index contributed by atoms with van der Waals surface area (Å²) in [7, 11) is 3.18. The molecule has 0 fully saturated rings. The van der Waals surface area contributed by atoms with E-state index in [4.69, 9.17) is 9.47 Å². The molecule has 0 atom stereocenters. The summed E-state index contributed by atoms with van der Waals surface area (Å²) in [5.41, 5.74) is 2.16. The molecule has 0 N–H and O–H groups in total.